The van der Waals surface area contributed by atoms with Crippen LogP contribution in [-0.2, 0) is 4.79 Å². The van der Waals surface area contributed by atoms with Gasteiger partial charge in [0.1, 0.15) is 5.82 Å². The second-order valence-corrected chi connectivity index (χ2v) is 5.80. The first kappa shape index (κ1) is 15.8. The summed E-state index contributed by atoms with van der Waals surface area (Å²) in [6.07, 6.45) is 0.911. The maximum absolute atomic E-state index is 13.8. The summed E-state index contributed by atoms with van der Waals surface area (Å²) in [5, 5.41) is 0. The molecule has 1 unspecified atom stereocenters. The van der Waals surface area contributed by atoms with Crippen LogP contribution in [0.4, 0.5) is 10.1 Å². The van der Waals surface area contributed by atoms with Crippen LogP contribution in [0.15, 0.2) is 12.1 Å². The summed E-state index contributed by atoms with van der Waals surface area (Å²) in [4.78, 5) is 15.6. The minimum Gasteiger partial charge on any atom is -0.369 e. The van der Waals surface area contributed by atoms with Gasteiger partial charge in [-0.1, -0.05) is 0 Å². The average molecular weight is 293 g/mol. The van der Waals surface area contributed by atoms with Crippen LogP contribution in [-0.4, -0.2) is 37.0 Å². The molecule has 0 spiro atoms. The van der Waals surface area contributed by atoms with E-state index in [9.17, 15) is 9.18 Å². The number of nitrogens with zero attached hydrogens (tertiary/aromatic N) is 2. The summed E-state index contributed by atoms with van der Waals surface area (Å²) in [7, 11) is 0. The van der Waals surface area contributed by atoms with E-state index in [-0.39, 0.29) is 17.8 Å². The van der Waals surface area contributed by atoms with Gasteiger partial charge in [0.05, 0.1) is 0 Å². The molecule has 1 aliphatic rings. The molecule has 1 fully saturated rings. The predicted octanol–water partition coefficient (Wildman–Crippen LogP) is 2.21. The van der Waals surface area contributed by atoms with E-state index in [1.54, 1.807) is 19.9 Å². The molecule has 4 nitrogen and oxygen atoms in total. The zero-order chi connectivity index (χ0) is 15.6. The Labute approximate surface area is 125 Å². The zero-order valence-corrected chi connectivity index (χ0v) is 13.0. The molecule has 1 amide bonds. The molecule has 116 valence electrons. The van der Waals surface area contributed by atoms with Gasteiger partial charge in [0.15, 0.2) is 0 Å². The highest BCUT2D eigenvalue weighted by molar-refractivity contribution is 5.73. The third kappa shape index (κ3) is 3.53. The minimum absolute atomic E-state index is 0.111. The molecule has 0 saturated carbocycles. The van der Waals surface area contributed by atoms with Crippen LogP contribution >= 0.6 is 0 Å². The van der Waals surface area contributed by atoms with Crippen molar-refractivity contribution in [3.8, 4) is 0 Å². The van der Waals surface area contributed by atoms with Crippen molar-refractivity contribution in [1.29, 1.82) is 0 Å². The number of aryl methyl sites for hydroxylation is 1. The molecule has 1 saturated heterocycles. The Bertz CT molecular complexity index is 530. The Kier molecular flexibility index (Phi) is 4.83. The van der Waals surface area contributed by atoms with Gasteiger partial charge in [-0.05, 0) is 43.5 Å². The van der Waals surface area contributed by atoms with Crippen LogP contribution in [0.25, 0.3) is 0 Å². The number of hydrogen-bond acceptors (Lipinski definition) is 3. The Balaban J connectivity index is 2.28. The van der Waals surface area contributed by atoms with Gasteiger partial charge in [0.25, 0.3) is 0 Å². The van der Waals surface area contributed by atoms with E-state index in [4.69, 9.17) is 5.73 Å². The number of nitrogens with two attached hydrogens (primary N) is 1. The Morgan fingerprint density at radius 3 is 2.62 bits per heavy atom. The molecular weight excluding hydrogens is 269 g/mol. The second kappa shape index (κ2) is 6.43. The third-order valence-corrected chi connectivity index (χ3v) is 4.08. The van der Waals surface area contributed by atoms with E-state index < -0.39 is 0 Å². The normalized spacial score (nSPS) is 17.6. The number of benzene rings is 1. The molecule has 1 aliphatic heterocycles. The lowest BCUT2D eigenvalue weighted by atomic mass is 10.0. The fourth-order valence-electron chi connectivity index (χ4n) is 2.79. The lowest BCUT2D eigenvalue weighted by molar-refractivity contribution is -0.128. The molecule has 2 rings (SSSR count). The van der Waals surface area contributed by atoms with Gasteiger partial charge in [0.2, 0.25) is 5.91 Å². The van der Waals surface area contributed by atoms with E-state index in [0.717, 1.165) is 37.3 Å². The van der Waals surface area contributed by atoms with E-state index in [2.05, 4.69) is 4.90 Å². The van der Waals surface area contributed by atoms with Crippen LogP contribution in [0.2, 0.25) is 0 Å². The molecule has 2 N–H and O–H groups in total. The highest BCUT2D eigenvalue weighted by Gasteiger charge is 2.20. The van der Waals surface area contributed by atoms with Gasteiger partial charge >= 0.3 is 0 Å². The first-order valence-electron chi connectivity index (χ1n) is 7.46. The van der Waals surface area contributed by atoms with Crippen molar-refractivity contribution in [3.63, 3.8) is 0 Å². The average Bonchev–Trinajstić information content (AvgIpc) is 2.67. The highest BCUT2D eigenvalue weighted by Crippen LogP contribution is 2.29. The predicted molar refractivity (Wildman–Crippen MR) is 82.8 cm³/mol. The maximum Gasteiger partial charge on any atom is 0.219 e. The number of halogens is 1. The van der Waals surface area contributed by atoms with Crippen LogP contribution in [0.3, 0.4) is 0 Å². The van der Waals surface area contributed by atoms with Crippen LogP contribution in [0.5, 0.6) is 0 Å². The number of amides is 1. The Morgan fingerprint density at radius 1 is 1.29 bits per heavy atom. The van der Waals surface area contributed by atoms with Crippen LogP contribution in [0.1, 0.15) is 37.4 Å². The summed E-state index contributed by atoms with van der Waals surface area (Å²) in [6, 6.07) is 3.20. The summed E-state index contributed by atoms with van der Waals surface area (Å²) in [5.74, 6) is -0.106. The molecule has 5 heteroatoms. The molecule has 0 aliphatic carbocycles. The van der Waals surface area contributed by atoms with E-state index >= 15 is 0 Å². The Hall–Kier alpha value is -1.62. The lowest BCUT2D eigenvalue weighted by Gasteiger charge is -2.27. The molecule has 1 heterocycles. The number of rotatable bonds is 2. The fraction of sp³-hybridized carbons (Fsp3) is 0.562. The summed E-state index contributed by atoms with van der Waals surface area (Å²) in [6.45, 7) is 8.32. The minimum atomic E-state index is -0.220. The van der Waals surface area contributed by atoms with Crippen molar-refractivity contribution >= 4 is 11.6 Å². The summed E-state index contributed by atoms with van der Waals surface area (Å²) < 4.78 is 13.8. The van der Waals surface area contributed by atoms with Gasteiger partial charge in [-0.3, -0.25) is 4.79 Å². The van der Waals surface area contributed by atoms with Gasteiger partial charge in [-0.15, -0.1) is 0 Å². The van der Waals surface area contributed by atoms with E-state index in [1.165, 1.54) is 0 Å². The second-order valence-electron chi connectivity index (χ2n) is 5.80. The SMILES string of the molecule is CC(=O)N1CCCN(c2cc(C)c(F)cc2C(C)N)CC1. The number of hydrogen-bond donors (Lipinski definition) is 1. The van der Waals surface area contributed by atoms with Crippen molar-refractivity contribution < 1.29 is 9.18 Å². The van der Waals surface area contributed by atoms with E-state index in [1.807, 2.05) is 17.9 Å². The zero-order valence-electron chi connectivity index (χ0n) is 13.0. The Morgan fingerprint density at radius 2 is 2.00 bits per heavy atom. The van der Waals surface area contributed by atoms with Crippen LogP contribution in [0, 0.1) is 12.7 Å². The largest absolute Gasteiger partial charge is 0.369 e. The number of carbonyl (C=O) groups excluding carboxylic acids is 1. The summed E-state index contributed by atoms with van der Waals surface area (Å²) in [5.41, 5.74) is 8.45. The molecule has 1 aromatic rings. The van der Waals surface area contributed by atoms with Gasteiger partial charge in [0, 0.05) is 44.8 Å². The quantitative estimate of drug-likeness (QED) is 0.909. The molecular formula is C16H24FN3O. The van der Waals surface area contributed by atoms with Crippen molar-refractivity contribution in [2.24, 2.45) is 5.73 Å². The molecule has 0 radical (unpaired) electrons. The topological polar surface area (TPSA) is 49.6 Å². The van der Waals surface area contributed by atoms with Crippen molar-refractivity contribution in [3.05, 3.63) is 29.1 Å². The molecule has 0 bridgehead atoms. The molecule has 0 aromatic heterocycles. The van der Waals surface area contributed by atoms with Gasteiger partial charge in [-0.2, -0.15) is 0 Å². The van der Waals surface area contributed by atoms with Crippen molar-refractivity contribution in [2.45, 2.75) is 33.2 Å². The smallest absolute Gasteiger partial charge is 0.219 e. The first-order valence-corrected chi connectivity index (χ1v) is 7.46. The van der Waals surface area contributed by atoms with Gasteiger partial charge < -0.3 is 15.5 Å². The molecule has 21 heavy (non-hydrogen) atoms. The number of carbonyl (C=O) groups is 1. The van der Waals surface area contributed by atoms with Gasteiger partial charge in [-0.25, -0.2) is 4.39 Å². The van der Waals surface area contributed by atoms with Crippen LogP contribution < -0.4 is 10.6 Å². The standard InChI is InChI=1S/C16H24FN3O/c1-11-9-16(14(12(2)18)10-15(11)17)20-6-4-5-19(7-8-20)13(3)21/h9-10,12H,4-8,18H2,1-3H3. The van der Waals surface area contributed by atoms with Crippen molar-refractivity contribution in [2.75, 3.05) is 31.1 Å². The molecule has 1 atom stereocenters. The van der Waals surface area contributed by atoms with Crippen molar-refractivity contribution in [1.82, 2.24) is 4.90 Å². The summed E-state index contributed by atoms with van der Waals surface area (Å²) >= 11 is 0. The van der Waals surface area contributed by atoms with E-state index in [0.29, 0.717) is 12.1 Å². The number of anilines is 1. The third-order valence-electron chi connectivity index (χ3n) is 4.08. The lowest BCUT2D eigenvalue weighted by Crippen LogP contribution is -2.34. The molecule has 1 aromatic carbocycles. The monoisotopic (exact) mass is 293 g/mol. The maximum atomic E-state index is 13.8. The first-order chi connectivity index (χ1) is 9.90. The fourth-order valence-corrected chi connectivity index (χ4v) is 2.79. The highest BCUT2D eigenvalue weighted by atomic mass is 19.1.